The summed E-state index contributed by atoms with van der Waals surface area (Å²) in [5.41, 5.74) is 0.965. The van der Waals surface area contributed by atoms with E-state index < -0.39 is 0 Å². The van der Waals surface area contributed by atoms with Crippen LogP contribution in [0, 0.1) is 0 Å². The number of carbonyl (C=O) groups excluding carboxylic acids is 2. The van der Waals surface area contributed by atoms with E-state index in [1.54, 1.807) is 29.2 Å². The smallest absolute Gasteiger partial charge is 0.321 e. The second-order valence-corrected chi connectivity index (χ2v) is 6.93. The molecule has 0 atom stereocenters. The van der Waals surface area contributed by atoms with E-state index in [9.17, 15) is 9.59 Å². The molecule has 1 aromatic carbocycles. The Bertz CT molecular complexity index is 624. The van der Waals surface area contributed by atoms with Gasteiger partial charge in [0.05, 0.1) is 32.0 Å². The quantitative estimate of drug-likeness (QED) is 0.886. The molecule has 0 spiro atoms. The first-order chi connectivity index (χ1) is 12.0. The SMILES string of the molecule is CC1(C)COCCN1C(=O)c1ccc(NC(=O)N2CCOCC2)cc1. The fourth-order valence-corrected chi connectivity index (χ4v) is 3.06. The van der Waals surface area contributed by atoms with Gasteiger partial charge in [0, 0.05) is 30.9 Å². The average molecular weight is 347 g/mol. The van der Waals surface area contributed by atoms with Gasteiger partial charge in [0.2, 0.25) is 0 Å². The van der Waals surface area contributed by atoms with E-state index in [-0.39, 0.29) is 17.5 Å². The molecule has 7 nitrogen and oxygen atoms in total. The van der Waals surface area contributed by atoms with Gasteiger partial charge in [-0.05, 0) is 38.1 Å². The molecular formula is C18H25N3O4. The first-order valence-electron chi connectivity index (χ1n) is 8.61. The molecule has 1 aromatic rings. The van der Waals surface area contributed by atoms with Crippen LogP contribution < -0.4 is 5.32 Å². The Balaban J connectivity index is 1.63. The predicted octanol–water partition coefficient (Wildman–Crippen LogP) is 1.80. The molecule has 0 saturated carbocycles. The van der Waals surface area contributed by atoms with Crippen molar-refractivity contribution < 1.29 is 19.1 Å². The van der Waals surface area contributed by atoms with Crippen molar-refractivity contribution in [3.8, 4) is 0 Å². The highest BCUT2D eigenvalue weighted by molar-refractivity contribution is 5.96. The summed E-state index contributed by atoms with van der Waals surface area (Å²) in [4.78, 5) is 28.5. The lowest BCUT2D eigenvalue weighted by Gasteiger charge is -2.42. The van der Waals surface area contributed by atoms with Crippen LogP contribution >= 0.6 is 0 Å². The number of amides is 3. The molecule has 1 N–H and O–H groups in total. The van der Waals surface area contributed by atoms with Crippen LogP contribution in [0.1, 0.15) is 24.2 Å². The average Bonchev–Trinajstić information content (AvgIpc) is 2.62. The molecule has 136 valence electrons. The first-order valence-corrected chi connectivity index (χ1v) is 8.61. The number of ether oxygens (including phenoxy) is 2. The highest BCUT2D eigenvalue weighted by atomic mass is 16.5. The van der Waals surface area contributed by atoms with E-state index in [1.165, 1.54) is 0 Å². The minimum atomic E-state index is -0.321. The molecule has 2 saturated heterocycles. The van der Waals surface area contributed by atoms with Crippen molar-refractivity contribution in [2.24, 2.45) is 0 Å². The summed E-state index contributed by atoms with van der Waals surface area (Å²) >= 11 is 0. The molecular weight excluding hydrogens is 322 g/mol. The molecule has 0 radical (unpaired) electrons. The van der Waals surface area contributed by atoms with Gasteiger partial charge in [0.15, 0.2) is 0 Å². The zero-order chi connectivity index (χ0) is 17.9. The van der Waals surface area contributed by atoms with Crippen LogP contribution in [0.3, 0.4) is 0 Å². The van der Waals surface area contributed by atoms with Crippen molar-refractivity contribution in [2.45, 2.75) is 19.4 Å². The van der Waals surface area contributed by atoms with Crippen molar-refractivity contribution in [2.75, 3.05) is 51.4 Å². The van der Waals surface area contributed by atoms with E-state index in [2.05, 4.69) is 5.32 Å². The van der Waals surface area contributed by atoms with E-state index in [0.29, 0.717) is 57.3 Å². The molecule has 2 heterocycles. The maximum Gasteiger partial charge on any atom is 0.321 e. The number of rotatable bonds is 2. The summed E-state index contributed by atoms with van der Waals surface area (Å²) in [5, 5.41) is 2.86. The van der Waals surface area contributed by atoms with E-state index >= 15 is 0 Å². The zero-order valence-corrected chi connectivity index (χ0v) is 14.8. The molecule has 7 heteroatoms. The summed E-state index contributed by atoms with van der Waals surface area (Å²) < 4.78 is 10.7. The maximum atomic E-state index is 12.8. The van der Waals surface area contributed by atoms with Crippen molar-refractivity contribution in [1.82, 2.24) is 9.80 Å². The van der Waals surface area contributed by atoms with Gasteiger partial charge in [0.25, 0.3) is 5.91 Å². The number of hydrogen-bond donors (Lipinski definition) is 1. The Kier molecular flexibility index (Phi) is 5.24. The number of nitrogens with one attached hydrogen (secondary N) is 1. The van der Waals surface area contributed by atoms with Crippen LogP contribution in [-0.4, -0.2) is 73.3 Å². The molecule has 2 aliphatic heterocycles. The van der Waals surface area contributed by atoms with E-state index in [4.69, 9.17) is 9.47 Å². The topological polar surface area (TPSA) is 71.1 Å². The lowest BCUT2D eigenvalue weighted by molar-refractivity contribution is -0.0370. The zero-order valence-electron chi connectivity index (χ0n) is 14.8. The van der Waals surface area contributed by atoms with Crippen molar-refractivity contribution in [1.29, 1.82) is 0 Å². The van der Waals surface area contributed by atoms with Crippen LogP contribution in [-0.2, 0) is 9.47 Å². The first kappa shape index (κ1) is 17.7. The largest absolute Gasteiger partial charge is 0.378 e. The third-order valence-electron chi connectivity index (χ3n) is 4.57. The molecule has 25 heavy (non-hydrogen) atoms. The Labute approximate surface area is 147 Å². The van der Waals surface area contributed by atoms with Gasteiger partial charge >= 0.3 is 6.03 Å². The van der Waals surface area contributed by atoms with Crippen molar-refractivity contribution in [3.05, 3.63) is 29.8 Å². The lowest BCUT2D eigenvalue weighted by atomic mass is 10.0. The molecule has 0 aliphatic carbocycles. The van der Waals surface area contributed by atoms with Gasteiger partial charge in [-0.15, -0.1) is 0 Å². The van der Waals surface area contributed by atoms with Crippen LogP contribution in [0.4, 0.5) is 10.5 Å². The fraction of sp³-hybridized carbons (Fsp3) is 0.556. The van der Waals surface area contributed by atoms with E-state index in [1.807, 2.05) is 18.7 Å². The molecule has 3 amide bonds. The van der Waals surface area contributed by atoms with Crippen molar-refractivity contribution in [3.63, 3.8) is 0 Å². The molecule has 3 rings (SSSR count). The summed E-state index contributed by atoms with van der Waals surface area (Å²) in [6, 6.07) is 6.89. The van der Waals surface area contributed by atoms with Gasteiger partial charge < -0.3 is 24.6 Å². The Morgan fingerprint density at radius 2 is 1.64 bits per heavy atom. The predicted molar refractivity (Wildman–Crippen MR) is 93.8 cm³/mol. The Hall–Kier alpha value is -2.12. The number of anilines is 1. The third-order valence-corrected chi connectivity index (χ3v) is 4.57. The number of carbonyl (C=O) groups is 2. The minimum Gasteiger partial charge on any atom is -0.378 e. The number of hydrogen-bond acceptors (Lipinski definition) is 4. The lowest BCUT2D eigenvalue weighted by Crippen LogP contribution is -2.55. The third kappa shape index (κ3) is 4.11. The normalized spacial score (nSPS) is 20.2. The Morgan fingerprint density at radius 1 is 1.00 bits per heavy atom. The molecule has 2 fully saturated rings. The van der Waals surface area contributed by atoms with Gasteiger partial charge in [0.1, 0.15) is 0 Å². The minimum absolute atomic E-state index is 0.0145. The second kappa shape index (κ2) is 7.41. The number of nitrogens with zero attached hydrogens (tertiary/aromatic N) is 2. The standard InChI is InChI=1S/C18H25N3O4/c1-18(2)13-25-12-9-21(18)16(22)14-3-5-15(6-4-14)19-17(23)20-7-10-24-11-8-20/h3-6H,7-13H2,1-2H3,(H,19,23). The van der Waals surface area contributed by atoms with Gasteiger partial charge in [-0.2, -0.15) is 0 Å². The Morgan fingerprint density at radius 3 is 2.28 bits per heavy atom. The summed E-state index contributed by atoms with van der Waals surface area (Å²) in [5.74, 6) is -0.0145. The van der Waals surface area contributed by atoms with Crippen molar-refractivity contribution >= 4 is 17.6 Å². The molecule has 0 aromatic heterocycles. The van der Waals surface area contributed by atoms with Gasteiger partial charge in [-0.25, -0.2) is 4.79 Å². The van der Waals surface area contributed by atoms with Crippen LogP contribution in [0.15, 0.2) is 24.3 Å². The summed E-state index contributed by atoms with van der Waals surface area (Å²) in [6.45, 7) is 7.99. The molecule has 0 bridgehead atoms. The highest BCUT2D eigenvalue weighted by Crippen LogP contribution is 2.22. The maximum absolute atomic E-state index is 12.8. The van der Waals surface area contributed by atoms with Crippen LogP contribution in [0.2, 0.25) is 0 Å². The number of morpholine rings is 2. The summed E-state index contributed by atoms with van der Waals surface area (Å²) in [7, 11) is 0. The van der Waals surface area contributed by atoms with E-state index in [0.717, 1.165) is 0 Å². The fourth-order valence-electron chi connectivity index (χ4n) is 3.06. The van der Waals surface area contributed by atoms with Crippen LogP contribution in [0.25, 0.3) is 0 Å². The monoisotopic (exact) mass is 347 g/mol. The molecule has 2 aliphatic rings. The number of benzene rings is 1. The van der Waals surface area contributed by atoms with Crippen LogP contribution in [0.5, 0.6) is 0 Å². The van der Waals surface area contributed by atoms with Gasteiger partial charge in [-0.1, -0.05) is 0 Å². The number of urea groups is 1. The highest BCUT2D eigenvalue weighted by Gasteiger charge is 2.34. The molecule has 0 unspecified atom stereocenters. The van der Waals surface area contributed by atoms with Gasteiger partial charge in [-0.3, -0.25) is 4.79 Å². The second-order valence-electron chi connectivity index (χ2n) is 6.93. The summed E-state index contributed by atoms with van der Waals surface area (Å²) in [6.07, 6.45) is 0.